The van der Waals surface area contributed by atoms with Crippen LogP contribution in [-0.2, 0) is 9.53 Å². The minimum atomic E-state index is -0.168. The van der Waals surface area contributed by atoms with Gasteiger partial charge in [-0.3, -0.25) is 4.79 Å². The molecule has 1 aromatic carbocycles. The number of para-hydroxylation sites is 2. The first-order chi connectivity index (χ1) is 9.25. The highest BCUT2D eigenvalue weighted by Gasteiger charge is 2.20. The number of ether oxygens (including phenoxy) is 2. The predicted octanol–water partition coefficient (Wildman–Crippen LogP) is 1.19. The summed E-state index contributed by atoms with van der Waals surface area (Å²) in [4.78, 5) is 11.5. The molecule has 1 aromatic rings. The molecule has 0 unspecified atom stereocenters. The molecule has 5 heteroatoms. The number of hydrogen-bond acceptors (Lipinski definition) is 4. The lowest BCUT2D eigenvalue weighted by atomic mass is 10.3. The molecule has 0 atom stereocenters. The number of carbonyl (C=O) groups excluding carboxylic acids is 1. The van der Waals surface area contributed by atoms with E-state index in [4.69, 9.17) is 15.2 Å². The van der Waals surface area contributed by atoms with Gasteiger partial charge in [-0.2, -0.15) is 0 Å². The average molecular weight is 264 g/mol. The van der Waals surface area contributed by atoms with Gasteiger partial charge in [0.05, 0.1) is 12.3 Å². The zero-order valence-corrected chi connectivity index (χ0v) is 10.9. The van der Waals surface area contributed by atoms with Crippen molar-refractivity contribution in [2.45, 2.75) is 12.8 Å². The molecule has 0 radical (unpaired) electrons. The zero-order chi connectivity index (χ0) is 13.5. The number of hydrogen-bond donors (Lipinski definition) is 2. The summed E-state index contributed by atoms with van der Waals surface area (Å²) >= 11 is 0. The van der Waals surface area contributed by atoms with E-state index < -0.39 is 0 Å². The van der Waals surface area contributed by atoms with E-state index in [1.54, 1.807) is 12.1 Å². The topological polar surface area (TPSA) is 73.6 Å². The van der Waals surface area contributed by atoms with E-state index in [-0.39, 0.29) is 12.5 Å². The van der Waals surface area contributed by atoms with Crippen LogP contribution >= 0.6 is 0 Å². The van der Waals surface area contributed by atoms with Crippen molar-refractivity contribution in [3.05, 3.63) is 24.3 Å². The van der Waals surface area contributed by atoms with Crippen molar-refractivity contribution in [3.63, 3.8) is 0 Å². The van der Waals surface area contributed by atoms with E-state index in [0.717, 1.165) is 12.5 Å². The highest BCUT2D eigenvalue weighted by atomic mass is 16.5. The van der Waals surface area contributed by atoms with Crippen molar-refractivity contribution in [2.24, 2.45) is 5.92 Å². The van der Waals surface area contributed by atoms with Crippen LogP contribution in [0.3, 0.4) is 0 Å². The van der Waals surface area contributed by atoms with E-state index in [1.165, 1.54) is 12.8 Å². The minimum absolute atomic E-state index is 0.0309. The number of nitrogens with two attached hydrogens (primary N) is 1. The van der Waals surface area contributed by atoms with Crippen LogP contribution in [0.5, 0.6) is 5.75 Å². The smallest absolute Gasteiger partial charge is 0.258 e. The molecule has 0 bridgehead atoms. The molecule has 19 heavy (non-hydrogen) atoms. The molecule has 0 heterocycles. The molecule has 0 saturated heterocycles. The van der Waals surface area contributed by atoms with Crippen molar-refractivity contribution in [3.8, 4) is 5.75 Å². The molecule has 1 saturated carbocycles. The predicted molar refractivity (Wildman–Crippen MR) is 72.9 cm³/mol. The lowest BCUT2D eigenvalue weighted by molar-refractivity contribution is -0.123. The van der Waals surface area contributed by atoms with E-state index in [9.17, 15) is 4.79 Å². The summed E-state index contributed by atoms with van der Waals surface area (Å²) in [6.45, 7) is 1.85. The molecule has 104 valence electrons. The maximum absolute atomic E-state index is 11.5. The second-order valence-corrected chi connectivity index (χ2v) is 4.69. The number of nitrogen functional groups attached to an aromatic ring is 1. The van der Waals surface area contributed by atoms with Crippen LogP contribution in [0.4, 0.5) is 5.69 Å². The van der Waals surface area contributed by atoms with Gasteiger partial charge in [-0.1, -0.05) is 12.1 Å². The second kappa shape index (κ2) is 6.99. The van der Waals surface area contributed by atoms with Gasteiger partial charge in [-0.05, 0) is 30.9 Å². The molecule has 0 aromatic heterocycles. The highest BCUT2D eigenvalue weighted by Crippen LogP contribution is 2.28. The zero-order valence-electron chi connectivity index (χ0n) is 10.9. The average Bonchev–Trinajstić information content (AvgIpc) is 3.21. The SMILES string of the molecule is Nc1ccccc1OCC(=O)NCCOCC1CC1. The van der Waals surface area contributed by atoms with Gasteiger partial charge < -0.3 is 20.5 Å². The Morgan fingerprint density at radius 1 is 1.37 bits per heavy atom. The third-order valence-corrected chi connectivity index (χ3v) is 2.90. The summed E-state index contributed by atoms with van der Waals surface area (Å²) in [5.74, 6) is 1.11. The monoisotopic (exact) mass is 264 g/mol. The molecule has 0 aliphatic heterocycles. The summed E-state index contributed by atoms with van der Waals surface area (Å²) in [7, 11) is 0. The Hall–Kier alpha value is -1.75. The molecular formula is C14H20N2O3. The summed E-state index contributed by atoms with van der Waals surface area (Å²) in [5, 5.41) is 2.74. The van der Waals surface area contributed by atoms with Crippen LogP contribution in [0.25, 0.3) is 0 Å². The first kappa shape index (κ1) is 13.7. The van der Waals surface area contributed by atoms with E-state index >= 15 is 0 Å². The van der Waals surface area contributed by atoms with Crippen LogP contribution in [-0.4, -0.2) is 32.3 Å². The lowest BCUT2D eigenvalue weighted by Gasteiger charge is -2.09. The third kappa shape index (κ3) is 5.18. The Bertz CT molecular complexity index is 419. The summed E-state index contributed by atoms with van der Waals surface area (Å²) in [6.07, 6.45) is 2.55. The number of anilines is 1. The number of benzene rings is 1. The normalized spacial score (nSPS) is 14.1. The van der Waals surface area contributed by atoms with Gasteiger partial charge in [-0.15, -0.1) is 0 Å². The Balaban J connectivity index is 1.55. The van der Waals surface area contributed by atoms with Crippen LogP contribution in [0.15, 0.2) is 24.3 Å². The van der Waals surface area contributed by atoms with Gasteiger partial charge >= 0.3 is 0 Å². The van der Waals surface area contributed by atoms with Crippen LogP contribution in [0, 0.1) is 5.92 Å². The lowest BCUT2D eigenvalue weighted by Crippen LogP contribution is -2.31. The van der Waals surface area contributed by atoms with Crippen molar-refractivity contribution in [2.75, 3.05) is 32.1 Å². The molecule has 2 rings (SSSR count). The fourth-order valence-corrected chi connectivity index (χ4v) is 1.60. The summed E-state index contributed by atoms with van der Waals surface area (Å²) < 4.78 is 10.7. The summed E-state index contributed by atoms with van der Waals surface area (Å²) in [6, 6.07) is 7.11. The molecule has 1 fully saturated rings. The fourth-order valence-electron chi connectivity index (χ4n) is 1.60. The Morgan fingerprint density at radius 2 is 2.16 bits per heavy atom. The maximum atomic E-state index is 11.5. The minimum Gasteiger partial charge on any atom is -0.482 e. The Morgan fingerprint density at radius 3 is 2.89 bits per heavy atom. The fraction of sp³-hybridized carbons (Fsp3) is 0.500. The largest absolute Gasteiger partial charge is 0.482 e. The Kier molecular flexibility index (Phi) is 5.03. The third-order valence-electron chi connectivity index (χ3n) is 2.90. The van der Waals surface area contributed by atoms with Crippen molar-refractivity contribution in [1.82, 2.24) is 5.32 Å². The Labute approximate surface area is 113 Å². The van der Waals surface area contributed by atoms with Gasteiger partial charge in [0.15, 0.2) is 6.61 Å². The molecule has 1 amide bonds. The van der Waals surface area contributed by atoms with E-state index in [1.807, 2.05) is 12.1 Å². The molecule has 1 aliphatic rings. The van der Waals surface area contributed by atoms with Gasteiger partial charge in [0, 0.05) is 13.2 Å². The van der Waals surface area contributed by atoms with E-state index in [2.05, 4.69) is 5.32 Å². The van der Waals surface area contributed by atoms with Gasteiger partial charge in [-0.25, -0.2) is 0 Å². The highest BCUT2D eigenvalue weighted by molar-refractivity contribution is 5.77. The molecule has 0 spiro atoms. The number of nitrogens with one attached hydrogen (secondary N) is 1. The van der Waals surface area contributed by atoms with Gasteiger partial charge in [0.2, 0.25) is 0 Å². The molecule has 1 aliphatic carbocycles. The van der Waals surface area contributed by atoms with Crippen molar-refractivity contribution < 1.29 is 14.3 Å². The standard InChI is InChI=1S/C14H20N2O3/c15-12-3-1-2-4-13(12)19-10-14(17)16-7-8-18-9-11-5-6-11/h1-4,11H,5-10,15H2,(H,16,17). The maximum Gasteiger partial charge on any atom is 0.258 e. The van der Waals surface area contributed by atoms with Crippen LogP contribution < -0.4 is 15.8 Å². The molecular weight excluding hydrogens is 244 g/mol. The first-order valence-electron chi connectivity index (χ1n) is 6.57. The summed E-state index contributed by atoms with van der Waals surface area (Å²) in [5.41, 5.74) is 6.23. The van der Waals surface area contributed by atoms with Crippen molar-refractivity contribution >= 4 is 11.6 Å². The van der Waals surface area contributed by atoms with Gasteiger partial charge in [0.1, 0.15) is 5.75 Å². The first-order valence-corrected chi connectivity index (χ1v) is 6.57. The number of amides is 1. The van der Waals surface area contributed by atoms with Crippen LogP contribution in [0.1, 0.15) is 12.8 Å². The van der Waals surface area contributed by atoms with Gasteiger partial charge in [0.25, 0.3) is 5.91 Å². The molecule has 5 nitrogen and oxygen atoms in total. The second-order valence-electron chi connectivity index (χ2n) is 4.69. The molecule has 3 N–H and O–H groups in total. The van der Waals surface area contributed by atoms with Crippen LogP contribution in [0.2, 0.25) is 0 Å². The number of carbonyl (C=O) groups is 1. The van der Waals surface area contributed by atoms with Crippen molar-refractivity contribution in [1.29, 1.82) is 0 Å². The van der Waals surface area contributed by atoms with E-state index in [0.29, 0.717) is 24.6 Å². The quantitative estimate of drug-likeness (QED) is 0.546. The number of rotatable bonds is 8.